The number of carbonyl (C=O) groups excluding carboxylic acids is 2. The minimum atomic E-state index is -4.15. The molecule has 3 aromatic rings. The Bertz CT molecular complexity index is 1510. The normalized spacial score (nSPS) is 12.5. The Kier molecular flexibility index (Phi) is 10.5. The first-order chi connectivity index (χ1) is 19.2. The van der Waals surface area contributed by atoms with Crippen molar-refractivity contribution in [3.8, 4) is 0 Å². The van der Waals surface area contributed by atoms with Crippen LogP contribution in [0.25, 0.3) is 0 Å². The standard InChI is InChI=1S/C31H37Cl2N3O4S/c1-7-27(30(38)34-31(4,5)6)35(19-23-16-17-24(32)18-26(23)33)29(37)20-36(28-15-11-12-21(2)22(28)3)41(39,40)25-13-9-8-10-14-25/h8-18,27H,7,19-20H2,1-6H3,(H,34,38)/t27-/m1/s1. The van der Waals surface area contributed by atoms with Crippen LogP contribution in [0.2, 0.25) is 10.0 Å². The highest BCUT2D eigenvalue weighted by Crippen LogP contribution is 2.30. The molecule has 7 nitrogen and oxygen atoms in total. The van der Waals surface area contributed by atoms with E-state index in [4.69, 9.17) is 23.2 Å². The monoisotopic (exact) mass is 617 g/mol. The summed E-state index contributed by atoms with van der Waals surface area (Å²) in [5.41, 5.74) is 2.03. The molecule has 1 atom stereocenters. The van der Waals surface area contributed by atoms with Crippen LogP contribution in [0.15, 0.2) is 71.6 Å². The molecular weight excluding hydrogens is 581 g/mol. The summed E-state index contributed by atoms with van der Waals surface area (Å²) >= 11 is 12.6. The van der Waals surface area contributed by atoms with E-state index in [0.717, 1.165) is 15.4 Å². The highest BCUT2D eigenvalue weighted by Gasteiger charge is 2.35. The van der Waals surface area contributed by atoms with Gasteiger partial charge in [-0.2, -0.15) is 0 Å². The second-order valence-electron chi connectivity index (χ2n) is 11.0. The van der Waals surface area contributed by atoms with Crippen molar-refractivity contribution in [2.75, 3.05) is 10.8 Å². The number of anilines is 1. The summed E-state index contributed by atoms with van der Waals surface area (Å²) in [6, 6.07) is 17.3. The maximum absolute atomic E-state index is 14.2. The lowest BCUT2D eigenvalue weighted by Gasteiger charge is -2.35. The van der Waals surface area contributed by atoms with E-state index in [9.17, 15) is 18.0 Å². The molecule has 0 aliphatic carbocycles. The molecule has 0 bridgehead atoms. The van der Waals surface area contributed by atoms with Crippen LogP contribution >= 0.6 is 23.2 Å². The molecule has 41 heavy (non-hydrogen) atoms. The number of nitrogens with zero attached hydrogens (tertiary/aromatic N) is 2. The molecular formula is C31H37Cl2N3O4S. The fourth-order valence-corrected chi connectivity index (χ4v) is 6.41. The smallest absolute Gasteiger partial charge is 0.264 e. The van der Waals surface area contributed by atoms with Crippen molar-refractivity contribution >= 4 is 50.7 Å². The molecule has 0 aliphatic heterocycles. The average Bonchev–Trinajstić information content (AvgIpc) is 2.89. The van der Waals surface area contributed by atoms with E-state index < -0.39 is 34.1 Å². The lowest BCUT2D eigenvalue weighted by molar-refractivity contribution is -0.141. The summed E-state index contributed by atoms with van der Waals surface area (Å²) < 4.78 is 29.1. The third-order valence-corrected chi connectivity index (χ3v) is 9.06. The fourth-order valence-electron chi connectivity index (χ4n) is 4.44. The van der Waals surface area contributed by atoms with Crippen molar-refractivity contribution in [3.63, 3.8) is 0 Å². The van der Waals surface area contributed by atoms with Gasteiger partial charge < -0.3 is 10.2 Å². The van der Waals surface area contributed by atoms with Gasteiger partial charge in [-0.25, -0.2) is 8.42 Å². The number of aryl methyl sites for hydroxylation is 1. The predicted octanol–water partition coefficient (Wildman–Crippen LogP) is 6.53. The van der Waals surface area contributed by atoms with E-state index in [0.29, 0.717) is 27.7 Å². The lowest BCUT2D eigenvalue weighted by Crippen LogP contribution is -2.55. The van der Waals surface area contributed by atoms with E-state index in [1.165, 1.54) is 17.0 Å². The number of amides is 2. The Morgan fingerprint density at radius 2 is 1.61 bits per heavy atom. The fraction of sp³-hybridized carbons (Fsp3) is 0.355. The topological polar surface area (TPSA) is 86.8 Å². The van der Waals surface area contributed by atoms with Crippen LogP contribution < -0.4 is 9.62 Å². The van der Waals surface area contributed by atoms with Gasteiger partial charge >= 0.3 is 0 Å². The van der Waals surface area contributed by atoms with Crippen LogP contribution in [-0.2, 0) is 26.2 Å². The summed E-state index contributed by atoms with van der Waals surface area (Å²) in [6.07, 6.45) is 0.299. The van der Waals surface area contributed by atoms with Crippen molar-refractivity contribution in [3.05, 3.63) is 93.5 Å². The largest absolute Gasteiger partial charge is 0.350 e. The minimum absolute atomic E-state index is 0.0169. The molecule has 0 aromatic heterocycles. The van der Waals surface area contributed by atoms with Gasteiger partial charge in [0.15, 0.2) is 0 Å². The molecule has 3 aromatic carbocycles. The van der Waals surface area contributed by atoms with E-state index in [2.05, 4.69) is 5.32 Å². The summed E-state index contributed by atoms with van der Waals surface area (Å²) in [6.45, 7) is 10.5. The number of halogens is 2. The quantitative estimate of drug-likeness (QED) is 0.280. The van der Waals surface area contributed by atoms with E-state index >= 15 is 0 Å². The van der Waals surface area contributed by atoms with Crippen molar-refractivity contribution in [2.24, 2.45) is 0 Å². The summed E-state index contributed by atoms with van der Waals surface area (Å²) in [5, 5.41) is 3.73. The molecule has 0 aliphatic rings. The zero-order chi connectivity index (χ0) is 30.5. The molecule has 0 spiro atoms. The third-order valence-electron chi connectivity index (χ3n) is 6.69. The Labute approximate surface area is 253 Å². The molecule has 0 saturated heterocycles. The number of sulfonamides is 1. The maximum Gasteiger partial charge on any atom is 0.264 e. The SMILES string of the molecule is CC[C@H](C(=O)NC(C)(C)C)N(Cc1ccc(Cl)cc1Cl)C(=O)CN(c1cccc(C)c1C)S(=O)(=O)c1ccccc1. The molecule has 1 N–H and O–H groups in total. The summed E-state index contributed by atoms with van der Waals surface area (Å²) in [4.78, 5) is 29.1. The van der Waals surface area contributed by atoms with Crippen LogP contribution in [-0.4, -0.2) is 43.3 Å². The Morgan fingerprint density at radius 3 is 2.20 bits per heavy atom. The number of carbonyl (C=O) groups is 2. The van der Waals surface area contributed by atoms with Gasteiger partial charge in [0, 0.05) is 22.1 Å². The van der Waals surface area contributed by atoms with Crippen LogP contribution in [0.1, 0.15) is 50.8 Å². The number of benzene rings is 3. The van der Waals surface area contributed by atoms with Gasteiger partial charge in [-0.3, -0.25) is 13.9 Å². The van der Waals surface area contributed by atoms with Crippen molar-refractivity contribution in [1.29, 1.82) is 0 Å². The summed E-state index contributed by atoms with van der Waals surface area (Å²) in [7, 11) is -4.15. The molecule has 0 unspecified atom stereocenters. The van der Waals surface area contributed by atoms with E-state index in [1.807, 2.05) is 40.7 Å². The highest BCUT2D eigenvalue weighted by molar-refractivity contribution is 7.92. The number of rotatable bonds is 10. The van der Waals surface area contributed by atoms with Gasteiger partial charge in [-0.15, -0.1) is 0 Å². The first kappa shape index (κ1) is 32.4. The van der Waals surface area contributed by atoms with Gasteiger partial charge in [0.25, 0.3) is 10.0 Å². The molecule has 220 valence electrons. The van der Waals surface area contributed by atoms with Gasteiger partial charge in [0.05, 0.1) is 10.6 Å². The number of hydrogen-bond donors (Lipinski definition) is 1. The molecule has 2 amide bonds. The van der Waals surface area contributed by atoms with Crippen LogP contribution in [0.3, 0.4) is 0 Å². The Balaban J connectivity index is 2.13. The van der Waals surface area contributed by atoms with Gasteiger partial charge in [-0.05, 0) is 88.1 Å². The molecule has 10 heteroatoms. The Morgan fingerprint density at radius 1 is 0.951 bits per heavy atom. The van der Waals surface area contributed by atoms with E-state index in [-0.39, 0.29) is 17.3 Å². The molecule has 0 saturated carbocycles. The molecule has 0 radical (unpaired) electrons. The zero-order valence-corrected chi connectivity index (χ0v) is 26.6. The highest BCUT2D eigenvalue weighted by atomic mass is 35.5. The molecule has 0 fully saturated rings. The summed E-state index contributed by atoms with van der Waals surface area (Å²) in [5.74, 6) is -0.894. The van der Waals surface area contributed by atoms with Crippen molar-refractivity contribution in [2.45, 2.75) is 71.0 Å². The minimum Gasteiger partial charge on any atom is -0.350 e. The van der Waals surface area contributed by atoms with Crippen molar-refractivity contribution in [1.82, 2.24) is 10.2 Å². The number of nitrogens with one attached hydrogen (secondary N) is 1. The second kappa shape index (κ2) is 13.3. The van der Waals surface area contributed by atoms with Crippen LogP contribution in [0.4, 0.5) is 5.69 Å². The zero-order valence-electron chi connectivity index (χ0n) is 24.2. The second-order valence-corrected chi connectivity index (χ2v) is 13.7. The lowest BCUT2D eigenvalue weighted by atomic mass is 10.1. The van der Waals surface area contributed by atoms with Gasteiger partial charge in [0.2, 0.25) is 11.8 Å². The first-order valence-corrected chi connectivity index (χ1v) is 15.5. The number of hydrogen-bond acceptors (Lipinski definition) is 4. The average molecular weight is 619 g/mol. The van der Waals surface area contributed by atoms with Gasteiger partial charge in [-0.1, -0.05) is 66.5 Å². The van der Waals surface area contributed by atoms with E-state index in [1.54, 1.807) is 55.5 Å². The first-order valence-electron chi connectivity index (χ1n) is 13.3. The van der Waals surface area contributed by atoms with Crippen LogP contribution in [0.5, 0.6) is 0 Å². The third kappa shape index (κ3) is 8.03. The van der Waals surface area contributed by atoms with Crippen LogP contribution in [0, 0.1) is 13.8 Å². The molecule has 3 rings (SSSR count). The maximum atomic E-state index is 14.2. The van der Waals surface area contributed by atoms with Gasteiger partial charge in [0.1, 0.15) is 12.6 Å². The Hall–Kier alpha value is -3.07. The molecule has 0 heterocycles. The van der Waals surface area contributed by atoms with Crippen molar-refractivity contribution < 1.29 is 18.0 Å². The predicted molar refractivity (Wildman–Crippen MR) is 166 cm³/mol.